The van der Waals surface area contributed by atoms with E-state index in [4.69, 9.17) is 4.74 Å². The van der Waals surface area contributed by atoms with E-state index in [1.165, 1.54) is 0 Å². The highest BCUT2D eigenvalue weighted by Crippen LogP contribution is 2.41. The molecule has 1 unspecified atom stereocenters. The third-order valence-corrected chi connectivity index (χ3v) is 8.51. The van der Waals surface area contributed by atoms with Crippen LogP contribution in [0.2, 0.25) is 0 Å². The molecule has 0 radical (unpaired) electrons. The third kappa shape index (κ3) is 4.64. The van der Waals surface area contributed by atoms with Crippen molar-refractivity contribution in [3.8, 4) is 17.0 Å². The molecule has 2 saturated heterocycles. The molecule has 2 amide bonds. The number of carbonyl (C=O) groups excluding carboxylic acids is 2. The maximum atomic E-state index is 13.3. The Kier molecular flexibility index (Phi) is 6.02. The van der Waals surface area contributed by atoms with Gasteiger partial charge in [0.25, 0.3) is 5.91 Å². The number of aromatic amines is 1. The topological polar surface area (TPSA) is 100 Å². The second kappa shape index (κ2) is 9.84. The Labute approximate surface area is 226 Å². The lowest BCUT2D eigenvalue weighted by Crippen LogP contribution is -2.45. The molecule has 8 heteroatoms. The first-order valence-corrected chi connectivity index (χ1v) is 13.9. The van der Waals surface area contributed by atoms with Crippen LogP contribution >= 0.6 is 0 Å². The van der Waals surface area contributed by atoms with Crippen molar-refractivity contribution in [2.24, 2.45) is 5.92 Å². The molecule has 8 nitrogen and oxygen atoms in total. The second-order valence-corrected chi connectivity index (χ2v) is 11.0. The van der Waals surface area contributed by atoms with Crippen molar-refractivity contribution in [3.05, 3.63) is 78.1 Å². The number of carbonyl (C=O) groups is 2. The molecule has 2 aromatic heterocycles. The summed E-state index contributed by atoms with van der Waals surface area (Å²) in [6, 6.07) is 20.0. The lowest BCUT2D eigenvalue weighted by Gasteiger charge is -2.36. The molecule has 2 aromatic carbocycles. The molecule has 1 aliphatic carbocycles. The van der Waals surface area contributed by atoms with E-state index in [-0.39, 0.29) is 18.1 Å². The molecule has 1 saturated carbocycles. The summed E-state index contributed by atoms with van der Waals surface area (Å²) in [6.07, 6.45) is 9.01. The van der Waals surface area contributed by atoms with Crippen LogP contribution in [0.15, 0.2) is 66.9 Å². The van der Waals surface area contributed by atoms with Gasteiger partial charge in [0.15, 0.2) is 0 Å². The van der Waals surface area contributed by atoms with E-state index < -0.39 is 0 Å². The van der Waals surface area contributed by atoms with E-state index in [0.29, 0.717) is 23.6 Å². The number of rotatable bonds is 8. The van der Waals surface area contributed by atoms with Crippen LogP contribution < -0.4 is 10.1 Å². The standard InChI is InChI=1S/C31H31N5O3/c37-18-36-22-9-10-23(36)17-25(16-22)39-24-11-6-19(7-12-24)29-26-15-21(8-13-27(26)34-35-29)31(38)33-30(20-4-5-20)28-3-1-2-14-32-28/h1-3,6-8,11-15,18,20,22-23,25,30H,4-5,9-10,16-17H2,(H,33,38)(H,34,35)/t22-,23+,25?,30-/m1/s1. The van der Waals surface area contributed by atoms with Crippen LogP contribution in [-0.4, -0.2) is 50.6 Å². The second-order valence-electron chi connectivity index (χ2n) is 11.0. The predicted octanol–water partition coefficient (Wildman–Crippen LogP) is 5.04. The van der Waals surface area contributed by atoms with Gasteiger partial charge in [-0.1, -0.05) is 6.07 Å². The number of H-pyrrole nitrogens is 1. The number of pyridine rings is 1. The summed E-state index contributed by atoms with van der Waals surface area (Å²) in [5.74, 6) is 1.15. The van der Waals surface area contributed by atoms with E-state index >= 15 is 0 Å². The molecule has 3 aliphatic rings. The van der Waals surface area contributed by atoms with Gasteiger partial charge in [-0.25, -0.2) is 0 Å². The lowest BCUT2D eigenvalue weighted by atomic mass is 10.0. The Morgan fingerprint density at radius 3 is 2.51 bits per heavy atom. The zero-order valence-electron chi connectivity index (χ0n) is 21.6. The van der Waals surface area contributed by atoms with Crippen LogP contribution in [0.25, 0.3) is 22.2 Å². The van der Waals surface area contributed by atoms with Gasteiger partial charge in [-0.05, 0) is 86.2 Å². The van der Waals surface area contributed by atoms with Crippen LogP contribution in [0, 0.1) is 5.92 Å². The maximum absolute atomic E-state index is 13.3. The van der Waals surface area contributed by atoms with Crippen LogP contribution in [0.5, 0.6) is 5.75 Å². The fraction of sp³-hybridized carbons (Fsp3) is 0.355. The van der Waals surface area contributed by atoms with Crippen molar-refractivity contribution in [3.63, 3.8) is 0 Å². The number of ether oxygens (including phenoxy) is 1. The average Bonchev–Trinajstić information content (AvgIpc) is 3.67. The number of hydrogen-bond acceptors (Lipinski definition) is 5. The van der Waals surface area contributed by atoms with Crippen LogP contribution in [0.3, 0.4) is 0 Å². The summed E-state index contributed by atoms with van der Waals surface area (Å²) in [5, 5.41) is 11.8. The number of hydrogen-bond donors (Lipinski definition) is 2. The molecule has 7 rings (SSSR count). The van der Waals surface area contributed by atoms with Crippen molar-refractivity contribution < 1.29 is 14.3 Å². The first kappa shape index (κ1) is 23.9. The SMILES string of the molecule is O=CN1[C@@H]2CC[C@H]1CC(Oc1ccc(-c3n[nH]c4ccc(C(=O)N[C@@H](c5ccccn5)C5CC5)cc34)cc1)C2. The van der Waals surface area contributed by atoms with Gasteiger partial charge in [0, 0.05) is 47.6 Å². The van der Waals surface area contributed by atoms with Crippen molar-refractivity contribution in [1.29, 1.82) is 0 Å². The Hall–Kier alpha value is -4.20. The van der Waals surface area contributed by atoms with Gasteiger partial charge in [-0.2, -0.15) is 5.10 Å². The largest absolute Gasteiger partial charge is 0.490 e. The van der Waals surface area contributed by atoms with E-state index in [9.17, 15) is 9.59 Å². The predicted molar refractivity (Wildman–Crippen MR) is 147 cm³/mol. The molecule has 4 aromatic rings. The zero-order chi connectivity index (χ0) is 26.3. The van der Waals surface area contributed by atoms with Gasteiger partial charge in [-0.15, -0.1) is 0 Å². The smallest absolute Gasteiger partial charge is 0.251 e. The fourth-order valence-corrected chi connectivity index (χ4v) is 6.34. The van der Waals surface area contributed by atoms with Crippen LogP contribution in [-0.2, 0) is 4.79 Å². The highest BCUT2D eigenvalue weighted by molar-refractivity contribution is 6.01. The molecule has 2 aliphatic heterocycles. The molecule has 39 heavy (non-hydrogen) atoms. The molecule has 4 heterocycles. The summed E-state index contributed by atoms with van der Waals surface area (Å²) in [4.78, 5) is 31.1. The van der Waals surface area contributed by atoms with Crippen LogP contribution in [0.4, 0.5) is 0 Å². The number of aromatic nitrogens is 3. The fourth-order valence-electron chi connectivity index (χ4n) is 6.34. The summed E-state index contributed by atoms with van der Waals surface area (Å²) in [5.41, 5.74) is 4.13. The summed E-state index contributed by atoms with van der Waals surface area (Å²) in [7, 11) is 0. The number of nitrogens with one attached hydrogen (secondary N) is 2. The van der Waals surface area contributed by atoms with E-state index in [2.05, 4.69) is 20.5 Å². The molecular formula is C31H31N5O3. The van der Waals surface area contributed by atoms with Gasteiger partial charge in [0.1, 0.15) is 11.9 Å². The molecule has 0 spiro atoms. The van der Waals surface area contributed by atoms with Gasteiger partial charge < -0.3 is 15.0 Å². The quantitative estimate of drug-likeness (QED) is 0.317. The minimum absolute atomic E-state index is 0.0772. The number of benzene rings is 2. The number of nitrogens with zero attached hydrogens (tertiary/aromatic N) is 3. The Morgan fingerprint density at radius 1 is 1.03 bits per heavy atom. The lowest BCUT2D eigenvalue weighted by molar-refractivity contribution is -0.123. The van der Waals surface area contributed by atoms with Crippen LogP contribution in [0.1, 0.15) is 60.6 Å². The Bertz CT molecular complexity index is 1480. The summed E-state index contributed by atoms with van der Waals surface area (Å²) < 4.78 is 6.31. The van der Waals surface area contributed by atoms with Gasteiger partial charge in [-0.3, -0.25) is 19.7 Å². The van der Waals surface area contributed by atoms with Crippen molar-refractivity contribution in [1.82, 2.24) is 25.4 Å². The first-order chi connectivity index (χ1) is 19.2. The minimum atomic E-state index is -0.107. The average molecular weight is 522 g/mol. The molecule has 3 fully saturated rings. The third-order valence-electron chi connectivity index (χ3n) is 8.51. The van der Waals surface area contributed by atoms with E-state index in [1.54, 1.807) is 6.20 Å². The highest BCUT2D eigenvalue weighted by atomic mass is 16.5. The monoisotopic (exact) mass is 521 g/mol. The number of amides is 2. The normalized spacial score (nSPS) is 23.0. The molecular weight excluding hydrogens is 490 g/mol. The Morgan fingerprint density at radius 2 is 1.82 bits per heavy atom. The van der Waals surface area contributed by atoms with Gasteiger partial charge in [0.2, 0.25) is 6.41 Å². The van der Waals surface area contributed by atoms with Crippen molar-refractivity contribution in [2.45, 2.75) is 62.8 Å². The first-order valence-electron chi connectivity index (χ1n) is 13.9. The minimum Gasteiger partial charge on any atom is -0.490 e. The van der Waals surface area contributed by atoms with Gasteiger partial charge >= 0.3 is 0 Å². The summed E-state index contributed by atoms with van der Waals surface area (Å²) in [6.45, 7) is 0. The Balaban J connectivity index is 1.08. The number of fused-ring (bicyclic) bond motifs is 3. The number of piperidine rings is 1. The zero-order valence-corrected chi connectivity index (χ0v) is 21.6. The van der Waals surface area contributed by atoms with Crippen molar-refractivity contribution in [2.75, 3.05) is 0 Å². The highest BCUT2D eigenvalue weighted by Gasteiger charge is 2.41. The van der Waals surface area contributed by atoms with Crippen molar-refractivity contribution >= 4 is 23.2 Å². The molecule has 198 valence electrons. The summed E-state index contributed by atoms with van der Waals surface area (Å²) >= 11 is 0. The van der Waals surface area contributed by atoms with E-state index in [0.717, 1.165) is 78.5 Å². The molecule has 2 N–H and O–H groups in total. The van der Waals surface area contributed by atoms with E-state index in [1.807, 2.05) is 65.6 Å². The molecule has 4 atom stereocenters. The maximum Gasteiger partial charge on any atom is 0.251 e. The molecule has 2 bridgehead atoms. The van der Waals surface area contributed by atoms with Gasteiger partial charge in [0.05, 0.1) is 22.9 Å².